The minimum atomic E-state index is -0.482. The zero-order valence-electron chi connectivity index (χ0n) is 13.8. The first-order chi connectivity index (χ1) is 10.9. The van der Waals surface area contributed by atoms with E-state index in [4.69, 9.17) is 4.74 Å². The average molecular weight is 313 g/mol. The molecule has 0 unspecified atom stereocenters. The smallest absolute Gasteiger partial charge is 0.407 e. The molecule has 1 amide bonds. The van der Waals surface area contributed by atoms with Crippen molar-refractivity contribution in [1.29, 1.82) is 0 Å². The Hall–Kier alpha value is -2.56. The van der Waals surface area contributed by atoms with Gasteiger partial charge in [0, 0.05) is 31.2 Å². The van der Waals surface area contributed by atoms with Crippen molar-refractivity contribution in [2.75, 3.05) is 5.32 Å². The number of carbonyl (C=O) groups excluding carboxylic acids is 1. The van der Waals surface area contributed by atoms with Gasteiger partial charge in [0.1, 0.15) is 5.60 Å². The highest BCUT2D eigenvalue weighted by Crippen LogP contribution is 2.11. The Labute approximate surface area is 137 Å². The van der Waals surface area contributed by atoms with E-state index < -0.39 is 11.7 Å². The third-order valence-corrected chi connectivity index (χ3v) is 3.01. The van der Waals surface area contributed by atoms with Gasteiger partial charge in [-0.2, -0.15) is 0 Å². The number of nitrogens with one attached hydrogen (secondary N) is 2. The van der Waals surface area contributed by atoms with E-state index in [0.29, 0.717) is 6.54 Å². The normalized spacial score (nSPS) is 10.9. The van der Waals surface area contributed by atoms with Crippen LogP contribution in [-0.4, -0.2) is 16.7 Å². The van der Waals surface area contributed by atoms with Crippen LogP contribution in [0, 0.1) is 0 Å². The van der Waals surface area contributed by atoms with Crippen LogP contribution in [0.25, 0.3) is 0 Å². The van der Waals surface area contributed by atoms with Crippen LogP contribution in [0.1, 0.15) is 31.9 Å². The maximum absolute atomic E-state index is 11.6. The predicted octanol–water partition coefficient (Wildman–Crippen LogP) is 3.72. The molecule has 2 rings (SSSR count). The van der Waals surface area contributed by atoms with Gasteiger partial charge in [-0.3, -0.25) is 4.98 Å². The number of nitrogens with zero attached hydrogens (tertiary/aromatic N) is 1. The van der Waals surface area contributed by atoms with Crippen molar-refractivity contribution in [3.8, 4) is 0 Å². The summed E-state index contributed by atoms with van der Waals surface area (Å²) >= 11 is 0. The molecule has 0 bridgehead atoms. The van der Waals surface area contributed by atoms with Gasteiger partial charge in [-0.15, -0.1) is 0 Å². The minimum absolute atomic E-state index is 0.406. The summed E-state index contributed by atoms with van der Waals surface area (Å²) in [6, 6.07) is 11.9. The summed E-state index contributed by atoms with van der Waals surface area (Å²) in [5.41, 5.74) is 2.69. The fraction of sp³-hybridized carbons (Fsp3) is 0.333. The van der Waals surface area contributed by atoms with Gasteiger partial charge < -0.3 is 15.4 Å². The molecular weight excluding hydrogens is 290 g/mol. The van der Waals surface area contributed by atoms with Crippen molar-refractivity contribution in [2.24, 2.45) is 0 Å². The highest BCUT2D eigenvalue weighted by atomic mass is 16.6. The molecule has 0 aliphatic heterocycles. The quantitative estimate of drug-likeness (QED) is 0.883. The Morgan fingerprint density at radius 3 is 2.43 bits per heavy atom. The van der Waals surface area contributed by atoms with E-state index in [1.807, 2.05) is 63.4 Å². The molecule has 0 atom stereocenters. The van der Waals surface area contributed by atoms with E-state index in [1.54, 1.807) is 6.20 Å². The van der Waals surface area contributed by atoms with E-state index in [1.165, 1.54) is 0 Å². The number of rotatable bonds is 5. The van der Waals surface area contributed by atoms with Crippen LogP contribution in [0.2, 0.25) is 0 Å². The van der Waals surface area contributed by atoms with Crippen molar-refractivity contribution >= 4 is 11.8 Å². The zero-order valence-corrected chi connectivity index (χ0v) is 13.8. The lowest BCUT2D eigenvalue weighted by Gasteiger charge is -2.19. The number of carbonyl (C=O) groups is 1. The fourth-order valence-corrected chi connectivity index (χ4v) is 1.94. The number of anilines is 1. The number of amides is 1. The Morgan fingerprint density at radius 2 is 1.83 bits per heavy atom. The molecule has 2 aromatic rings. The summed E-state index contributed by atoms with van der Waals surface area (Å²) in [7, 11) is 0. The number of hydrogen-bond donors (Lipinski definition) is 2. The van der Waals surface area contributed by atoms with E-state index in [2.05, 4.69) is 15.6 Å². The number of ether oxygens (including phenoxy) is 1. The van der Waals surface area contributed by atoms with Crippen LogP contribution in [0.3, 0.4) is 0 Å². The van der Waals surface area contributed by atoms with Gasteiger partial charge in [-0.25, -0.2) is 4.79 Å². The van der Waals surface area contributed by atoms with Gasteiger partial charge in [0.05, 0.1) is 0 Å². The van der Waals surface area contributed by atoms with Crippen molar-refractivity contribution in [3.63, 3.8) is 0 Å². The SMILES string of the molecule is CC(C)(C)OC(=O)NCc1ccc(NCc2cccnc2)cc1. The molecule has 0 aliphatic carbocycles. The lowest BCUT2D eigenvalue weighted by atomic mass is 10.2. The van der Waals surface area contributed by atoms with E-state index in [0.717, 1.165) is 23.4 Å². The standard InChI is InChI=1S/C18H23N3O2/c1-18(2,3)23-17(22)21-12-14-6-8-16(9-7-14)20-13-15-5-4-10-19-11-15/h4-11,20H,12-13H2,1-3H3,(H,21,22). The number of alkyl carbamates (subject to hydrolysis) is 1. The average Bonchev–Trinajstić information content (AvgIpc) is 2.51. The molecule has 5 heteroatoms. The van der Waals surface area contributed by atoms with Crippen LogP contribution in [0.15, 0.2) is 48.8 Å². The maximum Gasteiger partial charge on any atom is 0.407 e. The molecular formula is C18H23N3O2. The zero-order chi connectivity index (χ0) is 16.7. The third kappa shape index (κ3) is 6.38. The molecule has 2 N–H and O–H groups in total. The summed E-state index contributed by atoms with van der Waals surface area (Å²) < 4.78 is 5.20. The highest BCUT2D eigenvalue weighted by molar-refractivity contribution is 5.67. The van der Waals surface area contributed by atoms with Crippen molar-refractivity contribution < 1.29 is 9.53 Å². The lowest BCUT2D eigenvalue weighted by molar-refractivity contribution is 0.0523. The summed E-state index contributed by atoms with van der Waals surface area (Å²) in [6.45, 7) is 6.70. The molecule has 0 radical (unpaired) electrons. The largest absolute Gasteiger partial charge is 0.444 e. The molecule has 0 fully saturated rings. The summed E-state index contributed by atoms with van der Waals surface area (Å²) in [4.78, 5) is 15.7. The topological polar surface area (TPSA) is 63.2 Å². The first-order valence-corrected chi connectivity index (χ1v) is 7.61. The number of hydrogen-bond acceptors (Lipinski definition) is 4. The fourth-order valence-electron chi connectivity index (χ4n) is 1.94. The van der Waals surface area contributed by atoms with Gasteiger partial charge in [0.2, 0.25) is 0 Å². The second-order valence-electron chi connectivity index (χ2n) is 6.27. The maximum atomic E-state index is 11.6. The van der Waals surface area contributed by atoms with Crippen molar-refractivity contribution in [1.82, 2.24) is 10.3 Å². The first-order valence-electron chi connectivity index (χ1n) is 7.61. The van der Waals surface area contributed by atoms with Crippen LogP contribution >= 0.6 is 0 Å². The van der Waals surface area contributed by atoms with Crippen LogP contribution in [-0.2, 0) is 17.8 Å². The van der Waals surface area contributed by atoms with Crippen LogP contribution in [0.4, 0.5) is 10.5 Å². The molecule has 0 spiro atoms. The van der Waals surface area contributed by atoms with Crippen molar-refractivity contribution in [3.05, 3.63) is 59.9 Å². The molecule has 0 saturated carbocycles. The molecule has 0 aliphatic rings. The molecule has 1 heterocycles. The van der Waals surface area contributed by atoms with Crippen molar-refractivity contribution in [2.45, 2.75) is 39.5 Å². The number of aromatic nitrogens is 1. The Kier molecular flexibility index (Phi) is 5.57. The van der Waals surface area contributed by atoms with Gasteiger partial charge >= 0.3 is 6.09 Å². The molecule has 1 aromatic carbocycles. The highest BCUT2D eigenvalue weighted by Gasteiger charge is 2.15. The van der Waals surface area contributed by atoms with Gasteiger partial charge in [-0.1, -0.05) is 18.2 Å². The number of pyridine rings is 1. The Balaban J connectivity index is 1.79. The van der Waals surface area contributed by atoms with E-state index in [-0.39, 0.29) is 0 Å². The Bertz CT molecular complexity index is 619. The number of benzene rings is 1. The second-order valence-corrected chi connectivity index (χ2v) is 6.27. The van der Waals surface area contributed by atoms with Gasteiger partial charge in [0.25, 0.3) is 0 Å². The third-order valence-electron chi connectivity index (χ3n) is 3.01. The summed E-state index contributed by atoms with van der Waals surface area (Å²) in [5.74, 6) is 0. The first kappa shape index (κ1) is 16.8. The predicted molar refractivity (Wildman–Crippen MR) is 91.1 cm³/mol. The lowest BCUT2D eigenvalue weighted by Crippen LogP contribution is -2.32. The van der Waals surface area contributed by atoms with E-state index >= 15 is 0 Å². The molecule has 1 aromatic heterocycles. The Morgan fingerprint density at radius 1 is 1.09 bits per heavy atom. The van der Waals surface area contributed by atoms with Gasteiger partial charge in [-0.05, 0) is 50.1 Å². The molecule has 5 nitrogen and oxygen atoms in total. The summed E-state index contributed by atoms with van der Waals surface area (Å²) in [6.07, 6.45) is 3.19. The molecule has 0 saturated heterocycles. The second kappa shape index (κ2) is 7.63. The minimum Gasteiger partial charge on any atom is -0.444 e. The van der Waals surface area contributed by atoms with Crippen LogP contribution in [0.5, 0.6) is 0 Å². The molecule has 23 heavy (non-hydrogen) atoms. The van der Waals surface area contributed by atoms with E-state index in [9.17, 15) is 4.79 Å². The van der Waals surface area contributed by atoms with Gasteiger partial charge in [0.15, 0.2) is 0 Å². The van der Waals surface area contributed by atoms with Crippen LogP contribution < -0.4 is 10.6 Å². The summed E-state index contributed by atoms with van der Waals surface area (Å²) in [5, 5.41) is 6.08. The monoisotopic (exact) mass is 313 g/mol. The molecule has 122 valence electrons.